The lowest BCUT2D eigenvalue weighted by Gasteiger charge is -2.32. The Bertz CT molecular complexity index is 871. The predicted molar refractivity (Wildman–Crippen MR) is 105 cm³/mol. The molecule has 134 valence electrons. The van der Waals surface area contributed by atoms with Gasteiger partial charge < -0.3 is 9.64 Å². The number of hydrogen-bond acceptors (Lipinski definition) is 4. The summed E-state index contributed by atoms with van der Waals surface area (Å²) in [6.45, 7) is 2.14. The van der Waals surface area contributed by atoms with Crippen LogP contribution in [0.1, 0.15) is 39.7 Å². The van der Waals surface area contributed by atoms with Gasteiger partial charge in [-0.2, -0.15) is 0 Å². The first-order valence-corrected chi connectivity index (χ1v) is 9.79. The number of carbonyl (C=O) groups excluding carboxylic acids is 1. The van der Waals surface area contributed by atoms with Crippen LogP contribution < -0.4 is 0 Å². The molecule has 1 aliphatic rings. The highest BCUT2D eigenvalue weighted by Crippen LogP contribution is 2.33. The highest BCUT2D eigenvalue weighted by atomic mass is 32.1. The number of nitrogens with zero attached hydrogens (tertiary/aromatic N) is 2. The molecule has 1 fully saturated rings. The van der Waals surface area contributed by atoms with E-state index in [0.717, 1.165) is 47.6 Å². The van der Waals surface area contributed by atoms with Crippen molar-refractivity contribution in [2.24, 2.45) is 0 Å². The molecule has 3 aromatic rings. The third-order valence-corrected chi connectivity index (χ3v) is 6.08. The highest BCUT2D eigenvalue weighted by molar-refractivity contribution is 7.18. The summed E-state index contributed by atoms with van der Waals surface area (Å²) < 4.78 is 6.35. The summed E-state index contributed by atoms with van der Waals surface area (Å²) in [5, 5.41) is 1.15. The van der Waals surface area contributed by atoms with Crippen LogP contribution in [0.5, 0.6) is 0 Å². The number of para-hydroxylation sites is 1. The first-order valence-electron chi connectivity index (χ1n) is 8.97. The molecule has 0 N–H and O–H groups in total. The van der Waals surface area contributed by atoms with Gasteiger partial charge in [-0.15, -0.1) is 11.3 Å². The Morgan fingerprint density at radius 1 is 1.23 bits per heavy atom. The maximum Gasteiger partial charge on any atom is 0.253 e. The van der Waals surface area contributed by atoms with Crippen LogP contribution in [0.2, 0.25) is 0 Å². The zero-order valence-electron chi connectivity index (χ0n) is 14.9. The highest BCUT2D eigenvalue weighted by Gasteiger charge is 2.27. The Kier molecular flexibility index (Phi) is 5.00. The van der Waals surface area contributed by atoms with Crippen LogP contribution in [-0.2, 0) is 11.3 Å². The zero-order valence-corrected chi connectivity index (χ0v) is 15.7. The van der Waals surface area contributed by atoms with E-state index in [1.807, 2.05) is 41.3 Å². The number of piperidine rings is 1. The summed E-state index contributed by atoms with van der Waals surface area (Å²) in [5.41, 5.74) is 2.88. The molecule has 0 saturated carbocycles. The van der Waals surface area contributed by atoms with Crippen molar-refractivity contribution >= 4 is 27.5 Å². The number of aromatic nitrogens is 1. The van der Waals surface area contributed by atoms with Crippen LogP contribution in [0, 0.1) is 0 Å². The minimum absolute atomic E-state index is 0.111. The second kappa shape index (κ2) is 7.56. The molecule has 0 radical (unpaired) electrons. The van der Waals surface area contributed by atoms with Crippen molar-refractivity contribution in [3.8, 4) is 0 Å². The fraction of sp³-hybridized carbons (Fsp3) is 0.333. The van der Waals surface area contributed by atoms with E-state index in [4.69, 9.17) is 9.72 Å². The van der Waals surface area contributed by atoms with Gasteiger partial charge in [0.25, 0.3) is 5.91 Å². The number of rotatable bonds is 4. The maximum atomic E-state index is 12.9. The van der Waals surface area contributed by atoms with Gasteiger partial charge in [-0.1, -0.05) is 24.3 Å². The summed E-state index contributed by atoms with van der Waals surface area (Å²) in [6.07, 6.45) is 2.12. The van der Waals surface area contributed by atoms with Crippen LogP contribution in [0.4, 0.5) is 0 Å². The van der Waals surface area contributed by atoms with Crippen molar-refractivity contribution < 1.29 is 9.53 Å². The van der Waals surface area contributed by atoms with E-state index in [0.29, 0.717) is 12.5 Å². The van der Waals surface area contributed by atoms with Gasteiger partial charge in [0.15, 0.2) is 0 Å². The maximum absolute atomic E-state index is 12.9. The summed E-state index contributed by atoms with van der Waals surface area (Å²) in [7, 11) is 1.68. The Labute approximate surface area is 157 Å². The number of thiazole rings is 1. The fourth-order valence-electron chi connectivity index (χ4n) is 3.52. The minimum atomic E-state index is 0.111. The molecular formula is C21H22N2O2S. The molecule has 0 aliphatic carbocycles. The van der Waals surface area contributed by atoms with E-state index in [1.165, 1.54) is 4.70 Å². The molecule has 2 heterocycles. The number of ether oxygens (including phenoxy) is 1. The third kappa shape index (κ3) is 3.50. The Morgan fingerprint density at radius 3 is 2.81 bits per heavy atom. The van der Waals surface area contributed by atoms with Gasteiger partial charge in [0.2, 0.25) is 0 Å². The van der Waals surface area contributed by atoms with E-state index in [9.17, 15) is 4.79 Å². The smallest absolute Gasteiger partial charge is 0.253 e. The van der Waals surface area contributed by atoms with Gasteiger partial charge in [0.05, 0.1) is 21.8 Å². The third-order valence-electron chi connectivity index (χ3n) is 4.88. The number of carbonyl (C=O) groups is 1. The van der Waals surface area contributed by atoms with Crippen molar-refractivity contribution in [2.75, 3.05) is 20.2 Å². The SMILES string of the molecule is COCc1ccc(C(=O)N2CCC[C@@H](c3nc4ccccc4s3)C2)cc1. The van der Waals surface area contributed by atoms with Crippen LogP contribution in [0.3, 0.4) is 0 Å². The molecule has 4 nitrogen and oxygen atoms in total. The van der Waals surface area contributed by atoms with Crippen LogP contribution in [0.25, 0.3) is 10.2 Å². The van der Waals surface area contributed by atoms with Crippen molar-refractivity contribution in [2.45, 2.75) is 25.4 Å². The van der Waals surface area contributed by atoms with Crippen molar-refractivity contribution in [1.29, 1.82) is 0 Å². The lowest BCUT2D eigenvalue weighted by atomic mass is 9.98. The first-order chi connectivity index (χ1) is 12.7. The van der Waals surface area contributed by atoms with Gasteiger partial charge in [-0.3, -0.25) is 4.79 Å². The molecule has 0 spiro atoms. The summed E-state index contributed by atoms with van der Waals surface area (Å²) in [4.78, 5) is 19.7. The monoisotopic (exact) mass is 366 g/mol. The molecule has 1 atom stereocenters. The topological polar surface area (TPSA) is 42.4 Å². The van der Waals surface area contributed by atoms with Gasteiger partial charge in [-0.05, 0) is 42.7 Å². The normalized spacial score (nSPS) is 17.6. The van der Waals surface area contributed by atoms with E-state index in [1.54, 1.807) is 18.4 Å². The van der Waals surface area contributed by atoms with Crippen LogP contribution >= 0.6 is 11.3 Å². The second-order valence-electron chi connectivity index (χ2n) is 6.74. The second-order valence-corrected chi connectivity index (χ2v) is 7.80. The number of amides is 1. The molecule has 1 aromatic heterocycles. The molecule has 1 aliphatic heterocycles. The summed E-state index contributed by atoms with van der Waals surface area (Å²) >= 11 is 1.76. The fourth-order valence-corrected chi connectivity index (χ4v) is 4.61. The molecular weight excluding hydrogens is 344 g/mol. The van der Waals surface area contributed by atoms with Crippen molar-refractivity contribution in [3.63, 3.8) is 0 Å². The molecule has 0 unspecified atom stereocenters. The number of fused-ring (bicyclic) bond motifs is 1. The van der Waals surface area contributed by atoms with Gasteiger partial charge in [0, 0.05) is 31.7 Å². The van der Waals surface area contributed by atoms with Gasteiger partial charge in [0.1, 0.15) is 0 Å². The van der Waals surface area contributed by atoms with Crippen molar-refractivity contribution in [1.82, 2.24) is 9.88 Å². The molecule has 5 heteroatoms. The number of benzene rings is 2. The van der Waals surface area contributed by atoms with E-state index in [-0.39, 0.29) is 5.91 Å². The lowest BCUT2D eigenvalue weighted by Crippen LogP contribution is -2.39. The molecule has 1 amide bonds. The first kappa shape index (κ1) is 17.2. The number of hydrogen-bond donors (Lipinski definition) is 0. The van der Waals surface area contributed by atoms with Gasteiger partial charge in [-0.25, -0.2) is 4.98 Å². The Morgan fingerprint density at radius 2 is 2.04 bits per heavy atom. The molecule has 26 heavy (non-hydrogen) atoms. The van der Waals surface area contributed by atoms with E-state index < -0.39 is 0 Å². The van der Waals surface area contributed by atoms with Crippen LogP contribution in [0.15, 0.2) is 48.5 Å². The standard InChI is InChI=1S/C21H22N2O2S/c1-25-14-15-8-10-16(11-9-15)21(24)23-12-4-5-17(13-23)20-22-18-6-2-3-7-19(18)26-20/h2-3,6-11,17H,4-5,12-14H2,1H3/t17-/m1/s1. The average molecular weight is 366 g/mol. The number of likely N-dealkylation sites (tertiary alicyclic amines) is 1. The lowest BCUT2D eigenvalue weighted by molar-refractivity contribution is 0.0707. The quantitative estimate of drug-likeness (QED) is 0.684. The van der Waals surface area contributed by atoms with Crippen molar-refractivity contribution in [3.05, 3.63) is 64.7 Å². The molecule has 4 rings (SSSR count). The van der Waals surface area contributed by atoms with E-state index >= 15 is 0 Å². The number of methoxy groups -OCH3 is 1. The minimum Gasteiger partial charge on any atom is -0.380 e. The zero-order chi connectivity index (χ0) is 17.9. The largest absolute Gasteiger partial charge is 0.380 e. The average Bonchev–Trinajstić information content (AvgIpc) is 3.13. The van der Waals surface area contributed by atoms with E-state index in [2.05, 4.69) is 12.1 Å². The summed E-state index contributed by atoms with van der Waals surface area (Å²) in [5.74, 6) is 0.442. The Balaban J connectivity index is 1.49. The predicted octanol–water partition coefficient (Wildman–Crippen LogP) is 4.46. The van der Waals surface area contributed by atoms with Gasteiger partial charge >= 0.3 is 0 Å². The summed E-state index contributed by atoms with van der Waals surface area (Å²) in [6, 6.07) is 16.0. The molecule has 0 bridgehead atoms. The Hall–Kier alpha value is -2.24. The van der Waals surface area contributed by atoms with Crippen LogP contribution in [-0.4, -0.2) is 36.0 Å². The molecule has 1 saturated heterocycles. The molecule has 2 aromatic carbocycles.